The second-order valence-corrected chi connectivity index (χ2v) is 5.38. The lowest BCUT2D eigenvalue weighted by molar-refractivity contribution is -0.137. The summed E-state index contributed by atoms with van der Waals surface area (Å²) in [5.41, 5.74) is 0. The van der Waals surface area contributed by atoms with Crippen molar-refractivity contribution in [1.82, 2.24) is 4.90 Å². The minimum Gasteiger partial charge on any atom is -0.481 e. The van der Waals surface area contributed by atoms with E-state index in [1.165, 1.54) is 32.1 Å². The number of hydrogen-bond acceptors (Lipinski definition) is 3. The van der Waals surface area contributed by atoms with E-state index in [0.29, 0.717) is 6.42 Å². The third-order valence-corrected chi connectivity index (χ3v) is 2.62. The molecule has 0 aromatic heterocycles. The first-order valence-electron chi connectivity index (χ1n) is 7.44. The van der Waals surface area contributed by atoms with Crippen molar-refractivity contribution in [1.29, 1.82) is 0 Å². The predicted molar refractivity (Wildman–Crippen MR) is 80.5 cm³/mol. The normalized spacial score (nSPS) is 11.9. The van der Waals surface area contributed by atoms with Crippen LogP contribution >= 0.6 is 0 Å². The summed E-state index contributed by atoms with van der Waals surface area (Å²) in [6.07, 6.45) is 8.44. The zero-order valence-corrected chi connectivity index (χ0v) is 13.2. The van der Waals surface area contributed by atoms with Crippen molar-refractivity contribution in [2.45, 2.75) is 71.3 Å². The Morgan fingerprint density at radius 3 is 1.84 bits per heavy atom. The molecule has 0 radical (unpaired) electrons. The molecule has 1 unspecified atom stereocenters. The number of hydrogen-bond donors (Lipinski definition) is 2. The van der Waals surface area contributed by atoms with Crippen LogP contribution in [0, 0.1) is 0 Å². The molecule has 0 aliphatic heterocycles. The third-order valence-electron chi connectivity index (χ3n) is 2.62. The van der Waals surface area contributed by atoms with Gasteiger partial charge in [-0.15, -0.1) is 0 Å². The van der Waals surface area contributed by atoms with Gasteiger partial charge >= 0.3 is 5.97 Å². The van der Waals surface area contributed by atoms with E-state index in [1.54, 1.807) is 6.92 Å². The van der Waals surface area contributed by atoms with Gasteiger partial charge in [0.15, 0.2) is 0 Å². The maximum absolute atomic E-state index is 10.1. The highest BCUT2D eigenvalue weighted by Gasteiger charge is 1.95. The summed E-state index contributed by atoms with van der Waals surface area (Å²) in [4.78, 5) is 12.1. The number of aliphatic hydroxyl groups is 1. The Balaban J connectivity index is 0. The number of rotatable bonds is 10. The Morgan fingerprint density at radius 2 is 1.53 bits per heavy atom. The summed E-state index contributed by atoms with van der Waals surface area (Å²) >= 11 is 0. The first-order valence-corrected chi connectivity index (χ1v) is 7.44. The van der Waals surface area contributed by atoms with Crippen LogP contribution in [0.1, 0.15) is 65.2 Å². The standard InChI is InChI=1S/C10H20O2.C5H13NO/c1-2-3-4-5-6-7-8-9-10(11)12;1-5(7)4-6(2)3/h2-9H2,1H3,(H,11,12);5,7H,4H2,1-3H3. The average Bonchev–Trinajstić information content (AvgIpc) is 2.26. The molecule has 0 spiro atoms. The minimum absolute atomic E-state index is 0.199. The van der Waals surface area contributed by atoms with Gasteiger partial charge in [0, 0.05) is 13.0 Å². The molecule has 0 amide bonds. The highest BCUT2D eigenvalue weighted by atomic mass is 16.4. The molecule has 1 atom stereocenters. The van der Waals surface area contributed by atoms with E-state index < -0.39 is 5.97 Å². The van der Waals surface area contributed by atoms with E-state index in [9.17, 15) is 4.79 Å². The second-order valence-electron chi connectivity index (χ2n) is 5.38. The highest BCUT2D eigenvalue weighted by molar-refractivity contribution is 5.66. The largest absolute Gasteiger partial charge is 0.481 e. The number of carbonyl (C=O) groups is 1. The van der Waals surface area contributed by atoms with Crippen LogP contribution in [0.5, 0.6) is 0 Å². The molecular weight excluding hydrogens is 242 g/mol. The molecule has 0 aliphatic rings. The number of carboxylic acid groups (broad SMARTS) is 1. The third kappa shape index (κ3) is 26.8. The summed E-state index contributed by atoms with van der Waals surface area (Å²) in [5.74, 6) is -0.663. The SMILES string of the molecule is CC(O)CN(C)C.CCCCCCCCCC(=O)O. The summed E-state index contributed by atoms with van der Waals surface area (Å²) < 4.78 is 0. The van der Waals surface area contributed by atoms with Gasteiger partial charge in [-0.25, -0.2) is 0 Å². The molecule has 0 fully saturated rings. The average molecular weight is 275 g/mol. The van der Waals surface area contributed by atoms with Crippen LogP contribution in [-0.4, -0.2) is 47.8 Å². The van der Waals surface area contributed by atoms with Gasteiger partial charge in [0.05, 0.1) is 6.10 Å². The van der Waals surface area contributed by atoms with Gasteiger partial charge < -0.3 is 15.1 Å². The lowest BCUT2D eigenvalue weighted by atomic mass is 10.1. The van der Waals surface area contributed by atoms with Crippen molar-refractivity contribution in [2.75, 3.05) is 20.6 Å². The number of unbranched alkanes of at least 4 members (excludes halogenated alkanes) is 6. The van der Waals surface area contributed by atoms with E-state index >= 15 is 0 Å². The van der Waals surface area contributed by atoms with Crippen molar-refractivity contribution >= 4 is 5.97 Å². The summed E-state index contributed by atoms with van der Waals surface area (Å²) in [6, 6.07) is 0. The molecule has 4 nitrogen and oxygen atoms in total. The number of aliphatic hydroxyl groups excluding tert-OH is 1. The lowest BCUT2D eigenvalue weighted by Gasteiger charge is -2.10. The fourth-order valence-corrected chi connectivity index (χ4v) is 1.76. The van der Waals surface area contributed by atoms with E-state index in [-0.39, 0.29) is 6.10 Å². The molecule has 0 saturated heterocycles. The fourth-order valence-electron chi connectivity index (χ4n) is 1.76. The van der Waals surface area contributed by atoms with Crippen molar-refractivity contribution in [3.8, 4) is 0 Å². The van der Waals surface area contributed by atoms with Crippen LogP contribution in [0.4, 0.5) is 0 Å². The van der Waals surface area contributed by atoms with E-state index in [0.717, 1.165) is 19.4 Å². The molecule has 0 aliphatic carbocycles. The monoisotopic (exact) mass is 275 g/mol. The van der Waals surface area contributed by atoms with Gasteiger partial charge in [-0.05, 0) is 27.4 Å². The molecule has 2 N–H and O–H groups in total. The maximum atomic E-state index is 10.1. The quantitative estimate of drug-likeness (QED) is 0.601. The lowest BCUT2D eigenvalue weighted by Crippen LogP contribution is -2.22. The number of aliphatic carboxylic acids is 1. The summed E-state index contributed by atoms with van der Waals surface area (Å²) in [5, 5.41) is 17.0. The predicted octanol–water partition coefficient (Wildman–Crippen LogP) is 3.14. The zero-order chi connectivity index (χ0) is 15.1. The minimum atomic E-state index is -0.663. The molecule has 4 heteroatoms. The summed E-state index contributed by atoms with van der Waals surface area (Å²) in [6.45, 7) is 4.73. The molecule has 0 aromatic carbocycles. The van der Waals surface area contributed by atoms with Gasteiger partial charge in [0.1, 0.15) is 0 Å². The van der Waals surface area contributed by atoms with Crippen LogP contribution < -0.4 is 0 Å². The smallest absolute Gasteiger partial charge is 0.303 e. The van der Waals surface area contributed by atoms with E-state index in [2.05, 4.69) is 6.92 Å². The fraction of sp³-hybridized carbons (Fsp3) is 0.933. The van der Waals surface area contributed by atoms with Crippen LogP contribution in [0.3, 0.4) is 0 Å². The van der Waals surface area contributed by atoms with Crippen LogP contribution in [0.2, 0.25) is 0 Å². The Morgan fingerprint density at radius 1 is 1.05 bits per heavy atom. The van der Waals surface area contributed by atoms with Gasteiger partial charge in [-0.1, -0.05) is 45.4 Å². The van der Waals surface area contributed by atoms with Crippen LogP contribution in [0.25, 0.3) is 0 Å². The van der Waals surface area contributed by atoms with Crippen LogP contribution in [-0.2, 0) is 4.79 Å². The van der Waals surface area contributed by atoms with Gasteiger partial charge in [-0.2, -0.15) is 0 Å². The van der Waals surface area contributed by atoms with Gasteiger partial charge in [0.2, 0.25) is 0 Å². The Labute approximate surface area is 118 Å². The first kappa shape index (κ1) is 20.7. The van der Waals surface area contributed by atoms with Crippen molar-refractivity contribution in [2.24, 2.45) is 0 Å². The first-order chi connectivity index (χ1) is 8.90. The molecule has 0 heterocycles. The maximum Gasteiger partial charge on any atom is 0.303 e. The van der Waals surface area contributed by atoms with Crippen molar-refractivity contribution < 1.29 is 15.0 Å². The molecular formula is C15H33NO3. The molecule has 0 rings (SSSR count). The van der Waals surface area contributed by atoms with Crippen molar-refractivity contribution in [3.63, 3.8) is 0 Å². The van der Waals surface area contributed by atoms with Gasteiger partial charge in [0.25, 0.3) is 0 Å². The molecule has 0 aromatic rings. The van der Waals surface area contributed by atoms with Gasteiger partial charge in [-0.3, -0.25) is 4.79 Å². The van der Waals surface area contributed by atoms with Crippen LogP contribution in [0.15, 0.2) is 0 Å². The molecule has 19 heavy (non-hydrogen) atoms. The Bertz CT molecular complexity index is 188. The summed E-state index contributed by atoms with van der Waals surface area (Å²) in [7, 11) is 3.87. The zero-order valence-electron chi connectivity index (χ0n) is 13.2. The molecule has 0 bridgehead atoms. The van der Waals surface area contributed by atoms with E-state index in [1.807, 2.05) is 19.0 Å². The Hall–Kier alpha value is -0.610. The molecule has 116 valence electrons. The van der Waals surface area contributed by atoms with Crippen molar-refractivity contribution in [3.05, 3.63) is 0 Å². The number of carboxylic acids is 1. The highest BCUT2D eigenvalue weighted by Crippen LogP contribution is 2.07. The second kappa shape index (κ2) is 15.4. The number of likely N-dealkylation sites (N-methyl/N-ethyl adjacent to an activating group) is 1. The van der Waals surface area contributed by atoms with E-state index in [4.69, 9.17) is 10.2 Å². The topological polar surface area (TPSA) is 60.8 Å². The molecule has 0 saturated carbocycles. The Kier molecular flexibility index (Phi) is 16.8. The number of nitrogens with zero attached hydrogens (tertiary/aromatic N) is 1.